The van der Waals surface area contributed by atoms with E-state index < -0.39 is 22.1 Å². The molecule has 2 aromatic carbocycles. The largest absolute Gasteiger partial charge is 0.598 e. The van der Waals surface area contributed by atoms with Gasteiger partial charge in [0.05, 0.1) is 5.56 Å². The summed E-state index contributed by atoms with van der Waals surface area (Å²) in [7, 11) is 0. The minimum atomic E-state index is -1.25. The van der Waals surface area contributed by atoms with Crippen LogP contribution in [0.15, 0.2) is 54.6 Å². The SMILES string of the molecule is CC(C)(C)[S+]([O-])N[C@@H](c1ccccc1)c1ccc(C(=O)O)cc1. The molecule has 0 aromatic heterocycles. The van der Waals surface area contributed by atoms with Gasteiger partial charge in [-0.3, -0.25) is 0 Å². The van der Waals surface area contributed by atoms with Gasteiger partial charge in [-0.2, -0.15) is 0 Å². The fraction of sp³-hybridized carbons (Fsp3) is 0.278. The Kier molecular flexibility index (Phi) is 5.46. The van der Waals surface area contributed by atoms with E-state index in [2.05, 4.69) is 4.72 Å². The summed E-state index contributed by atoms with van der Waals surface area (Å²) in [6, 6.07) is 16.1. The molecule has 2 aromatic rings. The van der Waals surface area contributed by atoms with E-state index in [1.165, 1.54) is 0 Å². The predicted molar refractivity (Wildman–Crippen MR) is 92.7 cm³/mol. The highest BCUT2D eigenvalue weighted by atomic mass is 32.2. The summed E-state index contributed by atoms with van der Waals surface area (Å²) >= 11 is -1.25. The van der Waals surface area contributed by atoms with Gasteiger partial charge in [-0.05, 0) is 44.0 Å². The molecule has 2 atom stereocenters. The molecule has 2 rings (SSSR count). The third-order valence-electron chi connectivity index (χ3n) is 3.40. The van der Waals surface area contributed by atoms with Crippen LogP contribution in [0.25, 0.3) is 0 Å². The molecule has 0 saturated carbocycles. The fourth-order valence-electron chi connectivity index (χ4n) is 2.08. The number of carboxylic acids is 1. The maximum atomic E-state index is 12.5. The molecule has 0 bridgehead atoms. The van der Waals surface area contributed by atoms with E-state index in [1.54, 1.807) is 24.3 Å². The zero-order valence-corrected chi connectivity index (χ0v) is 14.3. The quantitative estimate of drug-likeness (QED) is 0.822. The number of benzene rings is 2. The van der Waals surface area contributed by atoms with Crippen LogP contribution in [-0.2, 0) is 11.4 Å². The predicted octanol–water partition coefficient (Wildman–Crippen LogP) is 3.53. The monoisotopic (exact) mass is 331 g/mol. The Morgan fingerprint density at radius 2 is 1.57 bits per heavy atom. The van der Waals surface area contributed by atoms with Crippen molar-refractivity contribution in [2.45, 2.75) is 31.6 Å². The molecule has 1 unspecified atom stereocenters. The third kappa shape index (κ3) is 4.58. The van der Waals surface area contributed by atoms with Gasteiger partial charge < -0.3 is 9.66 Å². The molecule has 0 amide bonds. The van der Waals surface area contributed by atoms with Crippen LogP contribution < -0.4 is 4.72 Å². The normalized spacial score (nSPS) is 14.3. The van der Waals surface area contributed by atoms with Gasteiger partial charge in [0.15, 0.2) is 0 Å². The Morgan fingerprint density at radius 3 is 2.04 bits per heavy atom. The summed E-state index contributed by atoms with van der Waals surface area (Å²) < 4.78 is 15.3. The molecule has 0 fully saturated rings. The second-order valence-corrected chi connectivity index (χ2v) is 8.27. The van der Waals surface area contributed by atoms with Crippen LogP contribution in [0.2, 0.25) is 0 Å². The van der Waals surface area contributed by atoms with Crippen molar-refractivity contribution in [3.05, 3.63) is 71.3 Å². The number of nitrogens with one attached hydrogen (secondary N) is 1. The zero-order chi connectivity index (χ0) is 17.0. The van der Waals surface area contributed by atoms with E-state index >= 15 is 0 Å². The van der Waals surface area contributed by atoms with Crippen molar-refractivity contribution < 1.29 is 14.5 Å². The number of hydrogen-bond acceptors (Lipinski definition) is 3. The Labute approximate surface area is 139 Å². The highest BCUT2D eigenvalue weighted by molar-refractivity contribution is 7.90. The third-order valence-corrected chi connectivity index (χ3v) is 4.97. The number of rotatable bonds is 5. The van der Waals surface area contributed by atoms with Crippen molar-refractivity contribution in [1.82, 2.24) is 4.72 Å². The van der Waals surface area contributed by atoms with Crippen LogP contribution >= 0.6 is 0 Å². The molecule has 0 radical (unpaired) electrons. The van der Waals surface area contributed by atoms with Gasteiger partial charge in [0.25, 0.3) is 0 Å². The number of aromatic carboxylic acids is 1. The lowest BCUT2D eigenvalue weighted by atomic mass is 9.99. The van der Waals surface area contributed by atoms with Crippen LogP contribution in [-0.4, -0.2) is 20.4 Å². The van der Waals surface area contributed by atoms with Crippen molar-refractivity contribution in [3.63, 3.8) is 0 Å². The molecule has 2 N–H and O–H groups in total. The van der Waals surface area contributed by atoms with Crippen molar-refractivity contribution in [1.29, 1.82) is 0 Å². The lowest BCUT2D eigenvalue weighted by Gasteiger charge is -2.28. The zero-order valence-electron chi connectivity index (χ0n) is 13.4. The molecule has 0 aliphatic carbocycles. The van der Waals surface area contributed by atoms with Gasteiger partial charge in [-0.1, -0.05) is 42.5 Å². The average molecular weight is 331 g/mol. The van der Waals surface area contributed by atoms with Gasteiger partial charge in [0.1, 0.15) is 10.8 Å². The maximum absolute atomic E-state index is 12.5. The molecular formula is C18H21NO3S. The molecule has 0 saturated heterocycles. The molecule has 122 valence electrons. The van der Waals surface area contributed by atoms with E-state index in [-0.39, 0.29) is 11.6 Å². The van der Waals surface area contributed by atoms with Gasteiger partial charge in [0, 0.05) is 11.4 Å². The van der Waals surface area contributed by atoms with Crippen LogP contribution in [0.3, 0.4) is 0 Å². The Hall–Kier alpha value is -1.82. The molecule has 4 nitrogen and oxygen atoms in total. The smallest absolute Gasteiger partial charge is 0.335 e. The minimum Gasteiger partial charge on any atom is -0.598 e. The second kappa shape index (κ2) is 7.17. The second-order valence-electron chi connectivity index (χ2n) is 6.27. The van der Waals surface area contributed by atoms with Crippen molar-refractivity contribution >= 4 is 17.3 Å². The molecule has 5 heteroatoms. The summed E-state index contributed by atoms with van der Waals surface area (Å²) in [5.74, 6) is -0.959. The van der Waals surface area contributed by atoms with Crippen molar-refractivity contribution in [2.75, 3.05) is 0 Å². The van der Waals surface area contributed by atoms with Gasteiger partial charge in [0.2, 0.25) is 0 Å². The van der Waals surface area contributed by atoms with E-state index in [1.807, 2.05) is 51.1 Å². The Balaban J connectivity index is 2.35. The van der Waals surface area contributed by atoms with Crippen LogP contribution in [0, 0.1) is 0 Å². The lowest BCUT2D eigenvalue weighted by molar-refractivity contribution is 0.0697. The summed E-state index contributed by atoms with van der Waals surface area (Å²) in [4.78, 5) is 11.0. The Morgan fingerprint density at radius 1 is 1.04 bits per heavy atom. The summed E-state index contributed by atoms with van der Waals surface area (Å²) in [5.41, 5.74) is 2.09. The maximum Gasteiger partial charge on any atom is 0.335 e. The van der Waals surface area contributed by atoms with Crippen molar-refractivity contribution in [2.24, 2.45) is 0 Å². The van der Waals surface area contributed by atoms with Crippen LogP contribution in [0.4, 0.5) is 0 Å². The van der Waals surface area contributed by atoms with E-state index in [0.29, 0.717) is 0 Å². The highest BCUT2D eigenvalue weighted by Gasteiger charge is 2.30. The minimum absolute atomic E-state index is 0.234. The van der Waals surface area contributed by atoms with E-state index in [4.69, 9.17) is 5.11 Å². The fourth-order valence-corrected chi connectivity index (χ4v) is 2.92. The van der Waals surface area contributed by atoms with Crippen LogP contribution in [0.1, 0.15) is 48.3 Å². The summed E-state index contributed by atoms with van der Waals surface area (Å²) in [6.07, 6.45) is 0. The van der Waals surface area contributed by atoms with Crippen molar-refractivity contribution in [3.8, 4) is 0 Å². The highest BCUT2D eigenvalue weighted by Crippen LogP contribution is 2.26. The number of carbonyl (C=O) groups is 1. The molecule has 23 heavy (non-hydrogen) atoms. The van der Waals surface area contributed by atoms with E-state index in [0.717, 1.165) is 11.1 Å². The molecule has 0 aliphatic heterocycles. The summed E-state index contributed by atoms with van der Waals surface area (Å²) in [5, 5.41) is 9.02. The lowest BCUT2D eigenvalue weighted by Crippen LogP contribution is -2.41. The first-order valence-electron chi connectivity index (χ1n) is 7.35. The first-order valence-corrected chi connectivity index (χ1v) is 8.50. The number of hydrogen-bond donors (Lipinski definition) is 2. The first-order chi connectivity index (χ1) is 10.8. The topological polar surface area (TPSA) is 72.4 Å². The summed E-state index contributed by atoms with van der Waals surface area (Å²) in [6.45, 7) is 5.73. The standard InChI is InChI=1S/C18H21NO3S/c1-18(2,3)23(22)19-16(13-7-5-4-6-8-13)14-9-11-15(12-10-14)17(20)21/h4-12,16,19H,1-3H3,(H,20,21)/t16-,23?/m0/s1. The number of carboxylic acid groups (broad SMARTS) is 1. The molecule has 0 aliphatic rings. The molecular weight excluding hydrogens is 310 g/mol. The van der Waals surface area contributed by atoms with Gasteiger partial charge in [-0.25, -0.2) is 4.79 Å². The molecule has 0 spiro atoms. The first kappa shape index (κ1) is 17.5. The average Bonchev–Trinajstić information content (AvgIpc) is 2.52. The van der Waals surface area contributed by atoms with Gasteiger partial charge in [-0.15, -0.1) is 4.72 Å². The van der Waals surface area contributed by atoms with Gasteiger partial charge >= 0.3 is 5.97 Å². The molecule has 0 heterocycles. The van der Waals surface area contributed by atoms with Crippen LogP contribution in [0.5, 0.6) is 0 Å². The Bertz CT molecular complexity index is 650. The van der Waals surface area contributed by atoms with E-state index in [9.17, 15) is 9.35 Å².